The molecule has 0 spiro atoms. The van der Waals surface area contributed by atoms with Crippen molar-refractivity contribution >= 4 is 27.8 Å². The molecule has 0 saturated heterocycles. The van der Waals surface area contributed by atoms with Gasteiger partial charge in [-0.2, -0.15) is 13.2 Å². The van der Waals surface area contributed by atoms with E-state index in [-0.39, 0.29) is 30.6 Å². The van der Waals surface area contributed by atoms with E-state index in [9.17, 15) is 22.8 Å². The van der Waals surface area contributed by atoms with E-state index in [1.807, 2.05) is 25.1 Å². The number of nitrogens with one attached hydrogen (secondary N) is 2. The minimum Gasteiger partial charge on any atom is -0.352 e. The lowest BCUT2D eigenvalue weighted by Gasteiger charge is -2.13. The Morgan fingerprint density at radius 2 is 1.97 bits per heavy atom. The van der Waals surface area contributed by atoms with Gasteiger partial charge in [0.05, 0.1) is 11.9 Å². The number of benzene rings is 2. The van der Waals surface area contributed by atoms with E-state index in [1.165, 1.54) is 29.1 Å². The molecule has 0 bridgehead atoms. The van der Waals surface area contributed by atoms with Gasteiger partial charge < -0.3 is 10.3 Å². The fourth-order valence-electron chi connectivity index (χ4n) is 3.52. The van der Waals surface area contributed by atoms with Gasteiger partial charge in [-0.15, -0.1) is 0 Å². The molecule has 2 N–H and O–H groups in total. The fourth-order valence-corrected chi connectivity index (χ4v) is 3.52. The maximum absolute atomic E-state index is 13.1. The number of rotatable bonds is 5. The van der Waals surface area contributed by atoms with Crippen molar-refractivity contribution in [3.05, 3.63) is 75.8 Å². The summed E-state index contributed by atoms with van der Waals surface area (Å²) in [6.45, 7) is 1.76. The lowest BCUT2D eigenvalue weighted by Crippen LogP contribution is -2.28. The van der Waals surface area contributed by atoms with E-state index in [4.69, 9.17) is 0 Å². The van der Waals surface area contributed by atoms with Crippen LogP contribution >= 0.6 is 0 Å². The van der Waals surface area contributed by atoms with Gasteiger partial charge in [0.25, 0.3) is 5.56 Å². The third-order valence-electron chi connectivity index (χ3n) is 5.11. The predicted molar refractivity (Wildman–Crippen MR) is 111 cm³/mol. The normalized spacial score (nSPS) is 11.9. The molecule has 2 aromatic carbocycles. The molecule has 31 heavy (non-hydrogen) atoms. The van der Waals surface area contributed by atoms with Gasteiger partial charge in [0.1, 0.15) is 11.0 Å². The van der Waals surface area contributed by atoms with E-state index in [2.05, 4.69) is 15.3 Å². The molecule has 160 valence electrons. The van der Waals surface area contributed by atoms with Gasteiger partial charge in [-0.05, 0) is 30.7 Å². The molecule has 2 heterocycles. The van der Waals surface area contributed by atoms with E-state index in [0.717, 1.165) is 22.5 Å². The maximum Gasteiger partial charge on any atom is 0.416 e. The lowest BCUT2D eigenvalue weighted by molar-refractivity contribution is -0.138. The third kappa shape index (κ3) is 4.16. The summed E-state index contributed by atoms with van der Waals surface area (Å²) in [7, 11) is 0. The van der Waals surface area contributed by atoms with Crippen LogP contribution in [0.2, 0.25) is 0 Å². The van der Waals surface area contributed by atoms with Crippen molar-refractivity contribution < 1.29 is 18.0 Å². The van der Waals surface area contributed by atoms with Gasteiger partial charge >= 0.3 is 6.18 Å². The average molecular weight is 428 g/mol. The summed E-state index contributed by atoms with van der Waals surface area (Å²) in [6.07, 6.45) is -3.18. The number of aromatic amines is 1. The minimum atomic E-state index is -4.49. The van der Waals surface area contributed by atoms with E-state index in [1.54, 1.807) is 0 Å². The van der Waals surface area contributed by atoms with E-state index >= 15 is 0 Å². The van der Waals surface area contributed by atoms with Crippen LogP contribution in [0.5, 0.6) is 0 Å². The second-order valence-corrected chi connectivity index (χ2v) is 7.32. The van der Waals surface area contributed by atoms with Crippen molar-refractivity contribution in [2.24, 2.45) is 0 Å². The molecule has 0 aliphatic rings. The zero-order valence-corrected chi connectivity index (χ0v) is 16.6. The maximum atomic E-state index is 13.1. The van der Waals surface area contributed by atoms with E-state index < -0.39 is 17.6 Å². The number of H-pyrrole nitrogens is 1. The Kier molecular flexibility index (Phi) is 5.26. The molecule has 0 atom stereocenters. The Hall–Kier alpha value is -3.62. The summed E-state index contributed by atoms with van der Waals surface area (Å²) in [5, 5.41) is 3.33. The van der Waals surface area contributed by atoms with Gasteiger partial charge in [-0.1, -0.05) is 29.8 Å². The summed E-state index contributed by atoms with van der Waals surface area (Å²) in [5.74, 6) is -0.462. The number of aryl methyl sites for hydroxylation is 2. The Balaban J connectivity index is 1.46. The van der Waals surface area contributed by atoms with Gasteiger partial charge in [0.15, 0.2) is 0 Å². The van der Waals surface area contributed by atoms with Crippen molar-refractivity contribution in [3.63, 3.8) is 0 Å². The molecule has 0 aliphatic heterocycles. The zero-order valence-electron chi connectivity index (χ0n) is 16.6. The number of hydrogen-bond donors (Lipinski definition) is 2. The second-order valence-electron chi connectivity index (χ2n) is 7.32. The van der Waals surface area contributed by atoms with Gasteiger partial charge in [-0.25, -0.2) is 4.98 Å². The lowest BCUT2D eigenvalue weighted by atomic mass is 10.1. The summed E-state index contributed by atoms with van der Waals surface area (Å²) in [5.41, 5.74) is 1.64. The number of carbonyl (C=O) groups is 1. The molecule has 0 aliphatic carbocycles. The fraction of sp³-hybridized carbons (Fsp3) is 0.227. The third-order valence-corrected chi connectivity index (χ3v) is 5.11. The molecule has 9 heteroatoms. The monoisotopic (exact) mass is 428 g/mol. The molecule has 0 fully saturated rings. The molecule has 0 saturated carbocycles. The number of amides is 1. The van der Waals surface area contributed by atoms with Crippen LogP contribution in [-0.2, 0) is 24.1 Å². The molecular formula is C22H19F3N4O2. The van der Waals surface area contributed by atoms with Crippen LogP contribution in [0.1, 0.15) is 23.1 Å². The van der Waals surface area contributed by atoms with Gasteiger partial charge in [-0.3, -0.25) is 14.2 Å². The number of halogens is 3. The number of nitrogens with zero attached hydrogens (tertiary/aromatic N) is 2. The Morgan fingerprint density at radius 3 is 2.74 bits per heavy atom. The summed E-state index contributed by atoms with van der Waals surface area (Å²) < 4.78 is 40.5. The number of fused-ring (bicyclic) bond motifs is 3. The molecule has 0 unspecified atom stereocenters. The first-order valence-corrected chi connectivity index (χ1v) is 9.63. The quantitative estimate of drug-likeness (QED) is 0.506. The van der Waals surface area contributed by atoms with Crippen molar-refractivity contribution in [2.75, 3.05) is 0 Å². The SMILES string of the molecule is Cc1ccc2[nH]c3c(=O)n(CCC(=O)NCc4ccccc4C(F)(F)F)cnc3c2c1. The van der Waals surface area contributed by atoms with Crippen LogP contribution < -0.4 is 10.9 Å². The molecule has 4 aromatic rings. The first kappa shape index (κ1) is 20.6. The molecule has 0 radical (unpaired) electrons. The van der Waals surface area contributed by atoms with Crippen LogP contribution in [0.4, 0.5) is 13.2 Å². The van der Waals surface area contributed by atoms with Crippen molar-refractivity contribution in [2.45, 2.75) is 32.6 Å². The standard InChI is InChI=1S/C22H19F3N4O2/c1-13-6-7-17-15(10-13)19-20(28-17)21(31)29(12-27-19)9-8-18(30)26-11-14-4-2-3-5-16(14)22(23,24)25/h2-7,10,12,28H,8-9,11H2,1H3,(H,26,30). The molecule has 4 rings (SSSR count). The van der Waals surface area contributed by atoms with Crippen LogP contribution in [0.15, 0.2) is 53.6 Å². The van der Waals surface area contributed by atoms with Crippen LogP contribution in [-0.4, -0.2) is 20.4 Å². The highest BCUT2D eigenvalue weighted by molar-refractivity contribution is 6.04. The first-order valence-electron chi connectivity index (χ1n) is 9.63. The highest BCUT2D eigenvalue weighted by atomic mass is 19.4. The average Bonchev–Trinajstić information content (AvgIpc) is 3.10. The van der Waals surface area contributed by atoms with E-state index in [0.29, 0.717) is 11.0 Å². The van der Waals surface area contributed by atoms with Gasteiger partial charge in [0, 0.05) is 30.4 Å². The largest absolute Gasteiger partial charge is 0.416 e. The molecule has 1 amide bonds. The zero-order chi connectivity index (χ0) is 22.2. The Morgan fingerprint density at radius 1 is 1.19 bits per heavy atom. The number of carbonyl (C=O) groups excluding carboxylic acids is 1. The Bertz CT molecular complexity index is 1340. The molecular weight excluding hydrogens is 409 g/mol. The second kappa shape index (κ2) is 7.90. The predicted octanol–water partition coefficient (Wildman–Crippen LogP) is 3.91. The van der Waals surface area contributed by atoms with Crippen LogP contribution in [0.3, 0.4) is 0 Å². The number of alkyl halides is 3. The first-order chi connectivity index (χ1) is 14.7. The summed E-state index contributed by atoms with van der Waals surface area (Å²) in [4.78, 5) is 32.4. The smallest absolute Gasteiger partial charge is 0.352 e. The number of hydrogen-bond acceptors (Lipinski definition) is 3. The van der Waals surface area contributed by atoms with Crippen LogP contribution in [0, 0.1) is 6.92 Å². The van der Waals surface area contributed by atoms with Crippen molar-refractivity contribution in [3.8, 4) is 0 Å². The van der Waals surface area contributed by atoms with Crippen molar-refractivity contribution in [1.29, 1.82) is 0 Å². The minimum absolute atomic E-state index is 0.0167. The van der Waals surface area contributed by atoms with Crippen LogP contribution in [0.25, 0.3) is 21.9 Å². The topological polar surface area (TPSA) is 79.8 Å². The summed E-state index contributed by atoms with van der Waals surface area (Å²) >= 11 is 0. The molecule has 6 nitrogen and oxygen atoms in total. The molecule has 2 aromatic heterocycles. The van der Waals surface area contributed by atoms with Gasteiger partial charge in [0.2, 0.25) is 5.91 Å². The Labute approximate surface area is 174 Å². The van der Waals surface area contributed by atoms with Crippen molar-refractivity contribution in [1.82, 2.24) is 19.9 Å². The summed E-state index contributed by atoms with van der Waals surface area (Å²) in [6, 6.07) is 10.8. The number of aromatic nitrogens is 3. The highest BCUT2D eigenvalue weighted by Gasteiger charge is 2.32. The highest BCUT2D eigenvalue weighted by Crippen LogP contribution is 2.31.